The summed E-state index contributed by atoms with van der Waals surface area (Å²) in [5, 5.41) is 12.3. The third kappa shape index (κ3) is 5.78. The lowest BCUT2D eigenvalue weighted by atomic mass is 9.56. The Labute approximate surface area is 227 Å². The number of aliphatic hydroxyl groups is 1. The molecular formula is C28H36O11. The Bertz CT molecular complexity index is 1130. The molecule has 214 valence electrons. The van der Waals surface area contributed by atoms with Gasteiger partial charge in [0.25, 0.3) is 0 Å². The van der Waals surface area contributed by atoms with Gasteiger partial charge in [-0.25, -0.2) is 0 Å². The SMILES string of the molecule is CC(=O)OCC1=C[C@@H]2OC(=O)[C@H](C)[C@@]2(O)[C@@H](OC(C)=O)[C@H]2C(C)=CC[C@H](OC(C)=O)[C@]2(C)[C@@H](OC(C)=O)C=C1. The molecule has 0 unspecified atom stereocenters. The molecule has 39 heavy (non-hydrogen) atoms. The minimum Gasteiger partial charge on any atom is -0.461 e. The molecule has 1 N–H and O–H groups in total. The van der Waals surface area contributed by atoms with E-state index >= 15 is 0 Å². The number of fused-ring (bicyclic) bond motifs is 2. The number of carbonyl (C=O) groups excluding carboxylic acids is 5. The number of esters is 5. The summed E-state index contributed by atoms with van der Waals surface area (Å²) in [5.74, 6) is -5.30. The van der Waals surface area contributed by atoms with E-state index in [1.165, 1.54) is 40.7 Å². The van der Waals surface area contributed by atoms with Crippen molar-refractivity contribution in [1.29, 1.82) is 0 Å². The highest BCUT2D eigenvalue weighted by Crippen LogP contribution is 2.54. The second kappa shape index (κ2) is 11.3. The van der Waals surface area contributed by atoms with Gasteiger partial charge in [0.15, 0.2) is 11.7 Å². The zero-order chi connectivity index (χ0) is 29.3. The van der Waals surface area contributed by atoms with Crippen LogP contribution < -0.4 is 0 Å². The van der Waals surface area contributed by atoms with E-state index in [1.54, 1.807) is 32.1 Å². The van der Waals surface area contributed by atoms with E-state index in [4.69, 9.17) is 23.7 Å². The highest BCUT2D eigenvalue weighted by molar-refractivity contribution is 5.78. The second-order valence-corrected chi connectivity index (χ2v) is 10.5. The molecule has 0 aromatic carbocycles. The van der Waals surface area contributed by atoms with E-state index in [0.717, 1.165) is 0 Å². The standard InChI is InChI=1S/C28H36O11/c1-14-8-10-21(36-17(4)30)27(7)22(37-18(5)31)11-9-20(13-35-16(3)29)12-23-28(34,15(2)26(33)39-23)25(24(14)27)38-19(6)32/h8-9,11-12,15,21-25,34H,10,13H2,1-7H3/t15-,21-,22-,23-,24+,25-,27+,28-/m0/s1. The summed E-state index contributed by atoms with van der Waals surface area (Å²) < 4.78 is 28.1. The molecule has 3 rings (SSSR count). The third-order valence-electron chi connectivity index (χ3n) is 7.81. The molecule has 1 aliphatic heterocycles. The monoisotopic (exact) mass is 548 g/mol. The van der Waals surface area contributed by atoms with Gasteiger partial charge in [0.1, 0.15) is 24.9 Å². The van der Waals surface area contributed by atoms with Gasteiger partial charge in [-0.3, -0.25) is 24.0 Å². The Kier molecular flexibility index (Phi) is 8.74. The summed E-state index contributed by atoms with van der Waals surface area (Å²) in [4.78, 5) is 61.5. The maximum absolute atomic E-state index is 12.9. The van der Waals surface area contributed by atoms with Crippen LogP contribution in [0.3, 0.4) is 0 Å². The van der Waals surface area contributed by atoms with Crippen molar-refractivity contribution in [1.82, 2.24) is 0 Å². The van der Waals surface area contributed by atoms with E-state index in [0.29, 0.717) is 11.1 Å². The van der Waals surface area contributed by atoms with Crippen LogP contribution in [-0.2, 0) is 47.7 Å². The smallest absolute Gasteiger partial charge is 0.312 e. The van der Waals surface area contributed by atoms with Gasteiger partial charge in [-0.15, -0.1) is 0 Å². The van der Waals surface area contributed by atoms with Crippen molar-refractivity contribution in [3.8, 4) is 0 Å². The van der Waals surface area contributed by atoms with Gasteiger partial charge in [0, 0.05) is 40.0 Å². The van der Waals surface area contributed by atoms with Crippen LogP contribution in [0.25, 0.3) is 0 Å². The van der Waals surface area contributed by atoms with Crippen molar-refractivity contribution in [2.45, 2.75) is 84.9 Å². The molecule has 0 aromatic rings. The first-order valence-corrected chi connectivity index (χ1v) is 12.8. The Hall–Kier alpha value is -3.47. The number of carbonyl (C=O) groups is 5. The van der Waals surface area contributed by atoms with Crippen LogP contribution in [0.2, 0.25) is 0 Å². The number of hydrogen-bond acceptors (Lipinski definition) is 11. The molecule has 8 atom stereocenters. The first kappa shape index (κ1) is 30.1. The van der Waals surface area contributed by atoms with E-state index in [2.05, 4.69) is 0 Å². The molecule has 11 nitrogen and oxygen atoms in total. The molecule has 0 amide bonds. The number of ether oxygens (including phenoxy) is 5. The molecule has 0 aromatic heterocycles. The largest absolute Gasteiger partial charge is 0.461 e. The average molecular weight is 549 g/mol. The molecule has 1 heterocycles. The quantitative estimate of drug-likeness (QED) is 0.305. The first-order chi connectivity index (χ1) is 18.1. The van der Waals surface area contributed by atoms with Crippen molar-refractivity contribution in [2.24, 2.45) is 17.3 Å². The molecule has 2 aliphatic carbocycles. The van der Waals surface area contributed by atoms with Crippen LogP contribution in [0.4, 0.5) is 0 Å². The van der Waals surface area contributed by atoms with Gasteiger partial charge in [-0.05, 0) is 31.6 Å². The highest BCUT2D eigenvalue weighted by Gasteiger charge is 2.66. The molecule has 0 spiro atoms. The van der Waals surface area contributed by atoms with Gasteiger partial charge in [0.2, 0.25) is 0 Å². The van der Waals surface area contributed by atoms with E-state index < -0.39 is 77.1 Å². The fourth-order valence-electron chi connectivity index (χ4n) is 5.90. The van der Waals surface area contributed by atoms with Crippen LogP contribution in [0, 0.1) is 17.3 Å². The number of hydrogen-bond donors (Lipinski definition) is 1. The molecule has 1 saturated heterocycles. The number of rotatable bonds is 5. The molecule has 0 saturated carbocycles. The van der Waals surface area contributed by atoms with E-state index in [-0.39, 0.29) is 13.0 Å². The van der Waals surface area contributed by atoms with Gasteiger partial charge in [-0.1, -0.05) is 24.6 Å². The maximum atomic E-state index is 12.9. The summed E-state index contributed by atoms with van der Waals surface area (Å²) in [6, 6.07) is 0. The lowest BCUT2D eigenvalue weighted by Gasteiger charge is -2.53. The Morgan fingerprint density at radius 2 is 1.64 bits per heavy atom. The molecule has 1 fully saturated rings. The minimum atomic E-state index is -2.10. The van der Waals surface area contributed by atoms with Gasteiger partial charge >= 0.3 is 29.8 Å². The summed E-state index contributed by atoms with van der Waals surface area (Å²) in [6.45, 7) is 9.58. The average Bonchev–Trinajstić information content (AvgIpc) is 3.03. The van der Waals surface area contributed by atoms with Crippen LogP contribution >= 0.6 is 0 Å². The van der Waals surface area contributed by atoms with E-state index in [9.17, 15) is 29.1 Å². The molecule has 0 bridgehead atoms. The van der Waals surface area contributed by atoms with Crippen molar-refractivity contribution >= 4 is 29.8 Å². The van der Waals surface area contributed by atoms with Crippen LogP contribution in [0.5, 0.6) is 0 Å². The van der Waals surface area contributed by atoms with Gasteiger partial charge < -0.3 is 28.8 Å². The highest BCUT2D eigenvalue weighted by atomic mass is 16.6. The summed E-state index contributed by atoms with van der Waals surface area (Å²) in [7, 11) is 0. The second-order valence-electron chi connectivity index (χ2n) is 10.5. The van der Waals surface area contributed by atoms with Crippen molar-refractivity contribution in [3.63, 3.8) is 0 Å². The van der Waals surface area contributed by atoms with Gasteiger partial charge in [-0.2, -0.15) is 0 Å². The topological polar surface area (TPSA) is 152 Å². The Balaban J connectivity index is 2.39. The van der Waals surface area contributed by atoms with Crippen LogP contribution in [-0.4, -0.2) is 71.6 Å². The lowest BCUT2D eigenvalue weighted by molar-refractivity contribution is -0.211. The minimum absolute atomic E-state index is 0.248. The Morgan fingerprint density at radius 3 is 2.21 bits per heavy atom. The van der Waals surface area contributed by atoms with Crippen molar-refractivity contribution in [2.75, 3.05) is 6.61 Å². The predicted molar refractivity (Wildman–Crippen MR) is 134 cm³/mol. The molecular weight excluding hydrogens is 512 g/mol. The summed E-state index contributed by atoms with van der Waals surface area (Å²) in [6.07, 6.45) is 1.93. The normalized spacial score (nSPS) is 35.7. The zero-order valence-corrected chi connectivity index (χ0v) is 23.2. The summed E-state index contributed by atoms with van der Waals surface area (Å²) in [5.41, 5.74) is -2.41. The molecule has 3 aliphatic rings. The third-order valence-corrected chi connectivity index (χ3v) is 7.81. The maximum Gasteiger partial charge on any atom is 0.312 e. The fourth-order valence-corrected chi connectivity index (χ4v) is 5.90. The van der Waals surface area contributed by atoms with Crippen LogP contribution in [0.1, 0.15) is 54.9 Å². The van der Waals surface area contributed by atoms with E-state index in [1.807, 2.05) is 0 Å². The Morgan fingerprint density at radius 1 is 1.03 bits per heavy atom. The van der Waals surface area contributed by atoms with Gasteiger partial charge in [0.05, 0.1) is 11.3 Å². The summed E-state index contributed by atoms with van der Waals surface area (Å²) >= 11 is 0. The zero-order valence-electron chi connectivity index (χ0n) is 23.2. The predicted octanol–water partition coefficient (Wildman–Crippen LogP) is 2.11. The lowest BCUT2D eigenvalue weighted by Crippen LogP contribution is -2.65. The van der Waals surface area contributed by atoms with Crippen molar-refractivity contribution < 1.29 is 52.8 Å². The molecule has 0 radical (unpaired) electrons. The van der Waals surface area contributed by atoms with Crippen LogP contribution in [0.15, 0.2) is 35.5 Å². The van der Waals surface area contributed by atoms with Crippen molar-refractivity contribution in [3.05, 3.63) is 35.5 Å². The molecule has 11 heteroatoms. The fraction of sp³-hybridized carbons (Fsp3) is 0.607. The first-order valence-electron chi connectivity index (χ1n) is 12.8.